The van der Waals surface area contributed by atoms with Crippen LogP contribution in [0.2, 0.25) is 0 Å². The largest absolute Gasteiger partial charge is 0.349 e. The number of nitrogens with one attached hydrogen (secondary N) is 1. The molecule has 0 aromatic heterocycles. The van der Waals surface area contributed by atoms with Gasteiger partial charge in [0.15, 0.2) is 0 Å². The van der Waals surface area contributed by atoms with E-state index in [1.807, 2.05) is 19.1 Å². The van der Waals surface area contributed by atoms with E-state index in [4.69, 9.17) is 0 Å². The van der Waals surface area contributed by atoms with E-state index in [9.17, 15) is 4.79 Å². The first-order valence-corrected chi connectivity index (χ1v) is 7.52. The highest BCUT2D eigenvalue weighted by molar-refractivity contribution is 9.10. The van der Waals surface area contributed by atoms with Crippen molar-refractivity contribution in [2.24, 2.45) is 5.92 Å². The van der Waals surface area contributed by atoms with Crippen molar-refractivity contribution in [3.8, 4) is 0 Å². The summed E-state index contributed by atoms with van der Waals surface area (Å²) in [6.07, 6.45) is 5.78. The summed E-state index contributed by atoms with van der Waals surface area (Å²) in [5.74, 6) is 0.454. The molecule has 1 aromatic rings. The summed E-state index contributed by atoms with van der Waals surface area (Å²) in [6.45, 7) is 2.04. The number of rotatable bonds is 3. The van der Waals surface area contributed by atoms with Crippen LogP contribution in [0.5, 0.6) is 0 Å². The minimum Gasteiger partial charge on any atom is -0.349 e. The fraction of sp³-hybridized carbons (Fsp3) is 0.533. The van der Waals surface area contributed by atoms with Crippen molar-refractivity contribution in [1.29, 1.82) is 0 Å². The molecule has 0 aliphatic heterocycles. The van der Waals surface area contributed by atoms with Crippen molar-refractivity contribution in [3.63, 3.8) is 0 Å². The lowest BCUT2D eigenvalue weighted by Crippen LogP contribution is -2.33. The van der Waals surface area contributed by atoms with Gasteiger partial charge in [0, 0.05) is 10.4 Å². The fourth-order valence-corrected chi connectivity index (χ4v) is 2.97. The molecule has 98 valence electrons. The molecule has 1 N–H and O–H groups in total. The summed E-state index contributed by atoms with van der Waals surface area (Å²) < 4.78 is 1.05. The zero-order valence-electron chi connectivity index (χ0n) is 10.8. The summed E-state index contributed by atoms with van der Waals surface area (Å²) in [5, 5.41) is 3.13. The zero-order valence-corrected chi connectivity index (χ0v) is 12.4. The second kappa shape index (κ2) is 6.37. The van der Waals surface area contributed by atoms with Gasteiger partial charge in [-0.2, -0.15) is 0 Å². The van der Waals surface area contributed by atoms with Crippen molar-refractivity contribution in [2.75, 3.05) is 0 Å². The zero-order chi connectivity index (χ0) is 13.0. The lowest BCUT2D eigenvalue weighted by Gasteiger charge is -2.23. The summed E-state index contributed by atoms with van der Waals surface area (Å²) in [5.41, 5.74) is 1.15. The SMILES string of the molecule is CC(NC(=O)C1CCCCC1)c1cccc(Br)c1. The average Bonchev–Trinajstić information content (AvgIpc) is 2.39. The predicted octanol–water partition coefficient (Wildman–Crippen LogP) is 4.21. The van der Waals surface area contributed by atoms with E-state index in [0.717, 1.165) is 22.9 Å². The Labute approximate surface area is 117 Å². The minimum absolute atomic E-state index is 0.0805. The Hall–Kier alpha value is -0.830. The molecule has 18 heavy (non-hydrogen) atoms. The van der Waals surface area contributed by atoms with Crippen LogP contribution < -0.4 is 5.32 Å². The van der Waals surface area contributed by atoms with Gasteiger partial charge in [0.25, 0.3) is 0 Å². The molecule has 1 fully saturated rings. The number of amides is 1. The van der Waals surface area contributed by atoms with Crippen LogP contribution in [0, 0.1) is 5.92 Å². The predicted molar refractivity (Wildman–Crippen MR) is 77.3 cm³/mol. The molecule has 1 aliphatic carbocycles. The Kier molecular flexibility index (Phi) is 4.81. The highest BCUT2D eigenvalue weighted by atomic mass is 79.9. The molecule has 2 rings (SSSR count). The number of carbonyl (C=O) groups excluding carboxylic acids is 1. The van der Waals surface area contributed by atoms with Crippen LogP contribution in [0.1, 0.15) is 50.6 Å². The van der Waals surface area contributed by atoms with Crippen LogP contribution in [0.3, 0.4) is 0 Å². The highest BCUT2D eigenvalue weighted by Crippen LogP contribution is 2.25. The van der Waals surface area contributed by atoms with Gasteiger partial charge < -0.3 is 5.32 Å². The molecular formula is C15H20BrNO. The summed E-state index contributed by atoms with van der Waals surface area (Å²) in [4.78, 5) is 12.1. The topological polar surface area (TPSA) is 29.1 Å². The second-order valence-corrected chi connectivity index (χ2v) is 6.04. The highest BCUT2D eigenvalue weighted by Gasteiger charge is 2.22. The van der Waals surface area contributed by atoms with Crippen molar-refractivity contribution >= 4 is 21.8 Å². The number of hydrogen-bond acceptors (Lipinski definition) is 1. The van der Waals surface area contributed by atoms with Gasteiger partial charge in [-0.25, -0.2) is 0 Å². The van der Waals surface area contributed by atoms with E-state index >= 15 is 0 Å². The molecule has 0 heterocycles. The van der Waals surface area contributed by atoms with Gasteiger partial charge in [-0.1, -0.05) is 47.3 Å². The molecule has 3 heteroatoms. The number of carbonyl (C=O) groups is 1. The maximum absolute atomic E-state index is 12.1. The molecule has 1 atom stereocenters. The Morgan fingerprint density at radius 3 is 2.72 bits per heavy atom. The monoisotopic (exact) mass is 309 g/mol. The Morgan fingerprint density at radius 2 is 2.06 bits per heavy atom. The standard InChI is InChI=1S/C15H20BrNO/c1-11(13-8-5-9-14(16)10-13)17-15(18)12-6-3-2-4-7-12/h5,8-12H,2-4,6-7H2,1H3,(H,17,18). The molecule has 0 saturated heterocycles. The summed E-state index contributed by atoms with van der Waals surface area (Å²) >= 11 is 3.46. The maximum atomic E-state index is 12.1. The second-order valence-electron chi connectivity index (χ2n) is 5.12. The Balaban J connectivity index is 1.94. The first-order valence-electron chi connectivity index (χ1n) is 6.72. The molecule has 1 unspecified atom stereocenters. The summed E-state index contributed by atoms with van der Waals surface area (Å²) in [7, 11) is 0. The van der Waals surface area contributed by atoms with Crippen molar-refractivity contribution in [2.45, 2.75) is 45.1 Å². The first-order chi connectivity index (χ1) is 8.66. The third-order valence-corrected chi connectivity index (χ3v) is 4.18. The van der Waals surface area contributed by atoms with E-state index < -0.39 is 0 Å². The number of hydrogen-bond donors (Lipinski definition) is 1. The van der Waals surface area contributed by atoms with Gasteiger partial charge in [-0.3, -0.25) is 4.79 Å². The van der Waals surface area contributed by atoms with Crippen LogP contribution in [-0.4, -0.2) is 5.91 Å². The number of halogens is 1. The van der Waals surface area contributed by atoms with E-state index in [-0.39, 0.29) is 17.9 Å². The van der Waals surface area contributed by atoms with Crippen LogP contribution in [-0.2, 0) is 4.79 Å². The van der Waals surface area contributed by atoms with Gasteiger partial charge in [0.05, 0.1) is 6.04 Å². The quantitative estimate of drug-likeness (QED) is 0.890. The molecule has 1 aliphatic rings. The molecule has 2 nitrogen and oxygen atoms in total. The van der Waals surface area contributed by atoms with Crippen LogP contribution >= 0.6 is 15.9 Å². The van der Waals surface area contributed by atoms with E-state index in [2.05, 4.69) is 33.4 Å². The molecule has 0 bridgehead atoms. The lowest BCUT2D eigenvalue weighted by molar-refractivity contribution is -0.126. The smallest absolute Gasteiger partial charge is 0.223 e. The third kappa shape index (κ3) is 3.58. The van der Waals surface area contributed by atoms with Crippen molar-refractivity contribution < 1.29 is 4.79 Å². The fourth-order valence-electron chi connectivity index (χ4n) is 2.56. The molecule has 0 spiro atoms. The first kappa shape index (κ1) is 13.6. The third-order valence-electron chi connectivity index (χ3n) is 3.68. The molecule has 1 aromatic carbocycles. The van der Waals surface area contributed by atoms with Crippen LogP contribution in [0.4, 0.5) is 0 Å². The molecule has 1 amide bonds. The normalized spacial score (nSPS) is 18.3. The minimum atomic E-state index is 0.0805. The van der Waals surface area contributed by atoms with Crippen molar-refractivity contribution in [1.82, 2.24) is 5.32 Å². The molecule has 0 radical (unpaired) electrons. The van der Waals surface area contributed by atoms with Gasteiger partial charge in [-0.15, -0.1) is 0 Å². The van der Waals surface area contributed by atoms with E-state index in [0.29, 0.717) is 0 Å². The van der Waals surface area contributed by atoms with Gasteiger partial charge in [-0.05, 0) is 37.5 Å². The van der Waals surface area contributed by atoms with Crippen LogP contribution in [0.15, 0.2) is 28.7 Å². The lowest BCUT2D eigenvalue weighted by atomic mass is 9.88. The Bertz CT molecular complexity index is 413. The van der Waals surface area contributed by atoms with Gasteiger partial charge in [0.2, 0.25) is 5.91 Å². The van der Waals surface area contributed by atoms with Crippen LogP contribution in [0.25, 0.3) is 0 Å². The number of benzene rings is 1. The molecule has 1 saturated carbocycles. The molecular weight excluding hydrogens is 290 g/mol. The van der Waals surface area contributed by atoms with Gasteiger partial charge >= 0.3 is 0 Å². The van der Waals surface area contributed by atoms with Gasteiger partial charge in [0.1, 0.15) is 0 Å². The maximum Gasteiger partial charge on any atom is 0.223 e. The van der Waals surface area contributed by atoms with Crippen molar-refractivity contribution in [3.05, 3.63) is 34.3 Å². The Morgan fingerprint density at radius 1 is 1.33 bits per heavy atom. The van der Waals surface area contributed by atoms with E-state index in [1.54, 1.807) is 0 Å². The summed E-state index contributed by atoms with van der Waals surface area (Å²) in [6, 6.07) is 8.20. The average molecular weight is 310 g/mol. The van der Waals surface area contributed by atoms with E-state index in [1.165, 1.54) is 19.3 Å².